The van der Waals surface area contributed by atoms with Crippen LogP contribution in [0.5, 0.6) is 0 Å². The zero-order chi connectivity index (χ0) is 8.53. The van der Waals surface area contributed by atoms with Gasteiger partial charge in [-0.05, 0) is 26.4 Å². The zero-order valence-electron chi connectivity index (χ0n) is 7.84. The van der Waals surface area contributed by atoms with Crippen molar-refractivity contribution in [3.8, 4) is 0 Å². The standard InChI is InChI=1S/C10H20N.Li.H/c1-4-7-9-11(6-3)10-8-5-2;;/h4,7H,1,5-6,8-10H2,2-3H3;;. The molecule has 0 spiro atoms. The Morgan fingerprint density at radius 3 is 2.42 bits per heavy atom. The SMILES string of the molecule is [CH2]C=CCN(CC)CCCC.[LiH]. The average Bonchev–Trinajstić information content (AvgIpc) is 2.05. The van der Waals surface area contributed by atoms with Gasteiger partial charge in [-0.25, -0.2) is 0 Å². The minimum atomic E-state index is 0. The molecule has 0 aromatic carbocycles. The van der Waals surface area contributed by atoms with E-state index >= 15 is 0 Å². The second-order valence-corrected chi connectivity index (χ2v) is 2.72. The molecule has 0 unspecified atom stereocenters. The topological polar surface area (TPSA) is 3.24 Å². The molecule has 12 heavy (non-hydrogen) atoms. The zero-order valence-corrected chi connectivity index (χ0v) is 7.84. The second kappa shape index (κ2) is 11.3. The van der Waals surface area contributed by atoms with Crippen molar-refractivity contribution in [3.05, 3.63) is 19.1 Å². The predicted octanol–water partition coefficient (Wildman–Crippen LogP) is 1.85. The van der Waals surface area contributed by atoms with E-state index in [4.69, 9.17) is 0 Å². The molecule has 0 N–H and O–H groups in total. The molecule has 67 valence electrons. The molecule has 0 fully saturated rings. The van der Waals surface area contributed by atoms with Gasteiger partial charge in [-0.2, -0.15) is 0 Å². The van der Waals surface area contributed by atoms with E-state index in [9.17, 15) is 0 Å². The van der Waals surface area contributed by atoms with Crippen LogP contribution in [-0.2, 0) is 0 Å². The summed E-state index contributed by atoms with van der Waals surface area (Å²) in [4.78, 5) is 2.42. The number of allylic oxidation sites excluding steroid dienone is 1. The van der Waals surface area contributed by atoms with Crippen LogP contribution in [0, 0.1) is 6.92 Å². The molecule has 0 saturated carbocycles. The Kier molecular flexibility index (Phi) is 13.9. The Balaban J connectivity index is 0. The minimum absolute atomic E-state index is 0. The summed E-state index contributed by atoms with van der Waals surface area (Å²) in [5, 5.41) is 0. The van der Waals surface area contributed by atoms with E-state index in [0.717, 1.165) is 13.1 Å². The molecule has 2 heteroatoms. The Labute approximate surface area is 89.4 Å². The van der Waals surface area contributed by atoms with Crippen LogP contribution in [-0.4, -0.2) is 43.4 Å². The third kappa shape index (κ3) is 8.39. The number of rotatable bonds is 6. The molecule has 0 heterocycles. The van der Waals surface area contributed by atoms with Crippen molar-refractivity contribution in [1.82, 2.24) is 4.90 Å². The molecule has 0 atom stereocenters. The van der Waals surface area contributed by atoms with E-state index in [1.165, 1.54) is 19.4 Å². The third-order valence-corrected chi connectivity index (χ3v) is 1.81. The van der Waals surface area contributed by atoms with Crippen LogP contribution in [0.1, 0.15) is 26.7 Å². The van der Waals surface area contributed by atoms with Crippen molar-refractivity contribution >= 4 is 18.9 Å². The van der Waals surface area contributed by atoms with E-state index in [1.54, 1.807) is 0 Å². The van der Waals surface area contributed by atoms with Gasteiger partial charge in [0, 0.05) is 6.54 Å². The molecule has 0 aromatic rings. The van der Waals surface area contributed by atoms with Crippen LogP contribution >= 0.6 is 0 Å². The first kappa shape index (κ1) is 14.8. The van der Waals surface area contributed by atoms with Gasteiger partial charge in [0.05, 0.1) is 0 Å². The van der Waals surface area contributed by atoms with Crippen LogP contribution in [0.2, 0.25) is 0 Å². The van der Waals surface area contributed by atoms with Gasteiger partial charge in [0.2, 0.25) is 0 Å². The van der Waals surface area contributed by atoms with Crippen molar-refractivity contribution < 1.29 is 0 Å². The number of unbranched alkanes of at least 4 members (excludes halogenated alkanes) is 1. The van der Waals surface area contributed by atoms with Crippen molar-refractivity contribution in [1.29, 1.82) is 0 Å². The van der Waals surface area contributed by atoms with E-state index in [0.29, 0.717) is 0 Å². The van der Waals surface area contributed by atoms with Crippen LogP contribution in [0.25, 0.3) is 0 Å². The quantitative estimate of drug-likeness (QED) is 0.539. The fourth-order valence-electron chi connectivity index (χ4n) is 0.984. The second-order valence-electron chi connectivity index (χ2n) is 2.72. The summed E-state index contributed by atoms with van der Waals surface area (Å²) in [5.74, 6) is 0. The Morgan fingerprint density at radius 1 is 1.33 bits per heavy atom. The molecule has 0 bridgehead atoms. The summed E-state index contributed by atoms with van der Waals surface area (Å²) >= 11 is 0. The summed E-state index contributed by atoms with van der Waals surface area (Å²) in [6, 6.07) is 0. The fourth-order valence-corrected chi connectivity index (χ4v) is 0.984. The van der Waals surface area contributed by atoms with Gasteiger partial charge in [0.15, 0.2) is 0 Å². The Morgan fingerprint density at radius 2 is 2.00 bits per heavy atom. The Hall–Kier alpha value is 0.297. The molecular formula is C10H21LiN. The molecule has 0 rings (SSSR count). The average molecular weight is 162 g/mol. The van der Waals surface area contributed by atoms with Gasteiger partial charge in [-0.15, -0.1) is 0 Å². The van der Waals surface area contributed by atoms with Crippen LogP contribution < -0.4 is 0 Å². The van der Waals surface area contributed by atoms with Gasteiger partial charge in [0.1, 0.15) is 0 Å². The van der Waals surface area contributed by atoms with Gasteiger partial charge < -0.3 is 0 Å². The Bertz CT molecular complexity index is 102. The summed E-state index contributed by atoms with van der Waals surface area (Å²) in [6.45, 7) is 11.5. The van der Waals surface area contributed by atoms with E-state index in [1.807, 2.05) is 6.08 Å². The monoisotopic (exact) mass is 162 g/mol. The first-order valence-corrected chi connectivity index (χ1v) is 4.51. The number of nitrogens with zero attached hydrogens (tertiary/aromatic N) is 1. The molecule has 1 nitrogen and oxygen atoms in total. The van der Waals surface area contributed by atoms with Crippen molar-refractivity contribution in [2.75, 3.05) is 19.6 Å². The molecule has 0 aliphatic rings. The summed E-state index contributed by atoms with van der Waals surface area (Å²) in [7, 11) is 0. The number of hydrogen-bond donors (Lipinski definition) is 0. The van der Waals surface area contributed by atoms with E-state index in [-0.39, 0.29) is 18.9 Å². The predicted molar refractivity (Wildman–Crippen MR) is 58.7 cm³/mol. The van der Waals surface area contributed by atoms with Crippen LogP contribution in [0.3, 0.4) is 0 Å². The number of likely N-dealkylation sites (N-methyl/N-ethyl adjacent to an activating group) is 1. The van der Waals surface area contributed by atoms with Gasteiger partial charge in [-0.3, -0.25) is 4.90 Å². The van der Waals surface area contributed by atoms with Crippen molar-refractivity contribution in [2.24, 2.45) is 0 Å². The first-order valence-electron chi connectivity index (χ1n) is 4.51. The van der Waals surface area contributed by atoms with Gasteiger partial charge in [0.25, 0.3) is 0 Å². The first-order chi connectivity index (χ1) is 5.35. The number of hydrogen-bond acceptors (Lipinski definition) is 1. The maximum atomic E-state index is 3.66. The summed E-state index contributed by atoms with van der Waals surface area (Å²) in [5.41, 5.74) is 0. The molecule has 0 amide bonds. The van der Waals surface area contributed by atoms with Gasteiger partial charge >= 0.3 is 18.9 Å². The maximum absolute atomic E-state index is 3.66. The molecule has 0 saturated heterocycles. The van der Waals surface area contributed by atoms with Gasteiger partial charge in [-0.1, -0.05) is 32.4 Å². The normalized spacial score (nSPS) is 10.7. The van der Waals surface area contributed by atoms with E-state index in [2.05, 4.69) is 31.7 Å². The third-order valence-electron chi connectivity index (χ3n) is 1.81. The molecular weight excluding hydrogens is 141 g/mol. The molecule has 0 aliphatic heterocycles. The van der Waals surface area contributed by atoms with Crippen LogP contribution in [0.4, 0.5) is 0 Å². The van der Waals surface area contributed by atoms with E-state index < -0.39 is 0 Å². The summed E-state index contributed by atoms with van der Waals surface area (Å²) < 4.78 is 0. The van der Waals surface area contributed by atoms with Crippen molar-refractivity contribution in [3.63, 3.8) is 0 Å². The fraction of sp³-hybridized carbons (Fsp3) is 0.700. The van der Waals surface area contributed by atoms with Crippen LogP contribution in [0.15, 0.2) is 12.2 Å². The molecule has 0 aliphatic carbocycles. The molecule has 1 radical (unpaired) electrons. The summed E-state index contributed by atoms with van der Waals surface area (Å²) in [6.07, 6.45) is 6.57. The molecule has 0 aromatic heterocycles. The van der Waals surface area contributed by atoms with Crippen molar-refractivity contribution in [2.45, 2.75) is 26.7 Å².